The molecule has 0 aliphatic rings. The van der Waals surface area contributed by atoms with Crippen molar-refractivity contribution in [3.05, 3.63) is 22.7 Å². The van der Waals surface area contributed by atoms with E-state index in [-0.39, 0.29) is 22.4 Å². The van der Waals surface area contributed by atoms with Gasteiger partial charge in [-0.25, -0.2) is 9.59 Å². The van der Waals surface area contributed by atoms with E-state index in [0.717, 1.165) is 12.8 Å². The molecule has 0 saturated carbocycles. The van der Waals surface area contributed by atoms with Gasteiger partial charge in [0.05, 0.1) is 17.8 Å². The zero-order valence-electron chi connectivity index (χ0n) is 12.2. The third kappa shape index (κ3) is 4.82. The summed E-state index contributed by atoms with van der Waals surface area (Å²) in [5, 5.41) is 14.5. The fourth-order valence-corrected chi connectivity index (χ4v) is 2.08. The Morgan fingerprint density at radius 1 is 1.43 bits per heavy atom. The number of hydrogen-bond acceptors (Lipinski definition) is 3. The number of anilines is 1. The minimum absolute atomic E-state index is 0.0361. The molecule has 2 amide bonds. The molecule has 1 rings (SSSR count). The highest BCUT2D eigenvalue weighted by molar-refractivity contribution is 6.34. The normalized spacial score (nSPS) is 11.6. The van der Waals surface area contributed by atoms with E-state index in [4.69, 9.17) is 21.4 Å². The summed E-state index contributed by atoms with van der Waals surface area (Å²) in [7, 11) is 1.35. The Hall–Kier alpha value is -1.95. The number of benzene rings is 1. The topological polar surface area (TPSA) is 87.7 Å². The lowest BCUT2D eigenvalue weighted by Crippen LogP contribution is -2.36. The molecule has 0 aromatic heterocycles. The Morgan fingerprint density at radius 3 is 2.62 bits per heavy atom. The van der Waals surface area contributed by atoms with Gasteiger partial charge in [-0.2, -0.15) is 0 Å². The van der Waals surface area contributed by atoms with Crippen LogP contribution >= 0.6 is 11.6 Å². The number of carboxylic acid groups (broad SMARTS) is 1. The molecule has 1 unspecified atom stereocenters. The van der Waals surface area contributed by atoms with Crippen LogP contribution in [0, 0.1) is 0 Å². The fraction of sp³-hybridized carbons (Fsp3) is 0.429. The van der Waals surface area contributed by atoms with Gasteiger partial charge < -0.3 is 20.5 Å². The number of rotatable bonds is 6. The third-order valence-electron chi connectivity index (χ3n) is 2.87. The SMILES string of the molecule is CCCC(C)NC(=O)Nc1cc(OC)c(C(=O)O)cc1Cl. The first-order valence-electron chi connectivity index (χ1n) is 6.57. The van der Waals surface area contributed by atoms with Crippen molar-refractivity contribution >= 4 is 29.3 Å². The van der Waals surface area contributed by atoms with Gasteiger partial charge in [-0.1, -0.05) is 24.9 Å². The maximum Gasteiger partial charge on any atom is 0.339 e. The van der Waals surface area contributed by atoms with Crippen LogP contribution in [-0.4, -0.2) is 30.3 Å². The smallest absolute Gasteiger partial charge is 0.339 e. The van der Waals surface area contributed by atoms with Gasteiger partial charge >= 0.3 is 12.0 Å². The van der Waals surface area contributed by atoms with Crippen LogP contribution in [0.2, 0.25) is 5.02 Å². The third-order valence-corrected chi connectivity index (χ3v) is 3.18. The van der Waals surface area contributed by atoms with Gasteiger partial charge in [-0.15, -0.1) is 0 Å². The van der Waals surface area contributed by atoms with Crippen LogP contribution in [0.5, 0.6) is 5.75 Å². The quantitative estimate of drug-likeness (QED) is 0.751. The molecule has 0 aliphatic carbocycles. The van der Waals surface area contributed by atoms with Gasteiger partial charge in [0.2, 0.25) is 0 Å². The number of methoxy groups -OCH3 is 1. The lowest BCUT2D eigenvalue weighted by atomic mass is 10.1. The molecule has 0 spiro atoms. The second-order valence-electron chi connectivity index (χ2n) is 4.63. The van der Waals surface area contributed by atoms with Gasteiger partial charge in [0.25, 0.3) is 0 Å². The first-order chi connectivity index (χ1) is 9.88. The molecular weight excluding hydrogens is 296 g/mol. The molecule has 0 heterocycles. The zero-order valence-corrected chi connectivity index (χ0v) is 13.0. The highest BCUT2D eigenvalue weighted by Crippen LogP contribution is 2.30. The van der Waals surface area contributed by atoms with E-state index >= 15 is 0 Å². The number of halogens is 1. The molecule has 116 valence electrons. The van der Waals surface area contributed by atoms with Gasteiger partial charge in [-0.3, -0.25) is 0 Å². The number of amides is 2. The molecule has 0 saturated heterocycles. The predicted molar refractivity (Wildman–Crippen MR) is 81.5 cm³/mol. The van der Waals surface area contributed by atoms with Crippen LogP contribution in [0.4, 0.5) is 10.5 Å². The van der Waals surface area contributed by atoms with Crippen LogP contribution < -0.4 is 15.4 Å². The van der Waals surface area contributed by atoms with E-state index in [1.807, 2.05) is 13.8 Å². The Balaban J connectivity index is 2.89. The van der Waals surface area contributed by atoms with Gasteiger partial charge in [-0.05, 0) is 19.4 Å². The Labute approximate surface area is 128 Å². The molecule has 7 heteroatoms. The summed E-state index contributed by atoms with van der Waals surface area (Å²) in [4.78, 5) is 22.9. The van der Waals surface area contributed by atoms with E-state index in [1.165, 1.54) is 19.2 Å². The molecule has 1 aromatic rings. The number of carbonyl (C=O) groups is 2. The maximum absolute atomic E-state index is 11.8. The number of nitrogens with one attached hydrogen (secondary N) is 2. The van der Waals surface area contributed by atoms with Crippen LogP contribution in [0.15, 0.2) is 12.1 Å². The van der Waals surface area contributed by atoms with Crippen LogP contribution in [0.3, 0.4) is 0 Å². The number of hydrogen-bond donors (Lipinski definition) is 3. The second-order valence-corrected chi connectivity index (χ2v) is 5.03. The van der Waals surface area contributed by atoms with Crippen molar-refractivity contribution in [2.75, 3.05) is 12.4 Å². The van der Waals surface area contributed by atoms with Gasteiger partial charge in [0, 0.05) is 12.1 Å². The van der Waals surface area contributed by atoms with E-state index in [2.05, 4.69) is 10.6 Å². The van der Waals surface area contributed by atoms with Crippen molar-refractivity contribution in [3.8, 4) is 5.75 Å². The largest absolute Gasteiger partial charge is 0.496 e. The number of carbonyl (C=O) groups excluding carboxylic acids is 1. The molecule has 21 heavy (non-hydrogen) atoms. The zero-order chi connectivity index (χ0) is 16.0. The Morgan fingerprint density at radius 2 is 2.10 bits per heavy atom. The predicted octanol–water partition coefficient (Wildman–Crippen LogP) is 3.36. The average molecular weight is 315 g/mol. The number of urea groups is 1. The minimum Gasteiger partial charge on any atom is -0.496 e. The summed E-state index contributed by atoms with van der Waals surface area (Å²) in [5.41, 5.74) is 0.229. The molecule has 6 nitrogen and oxygen atoms in total. The first kappa shape index (κ1) is 17.1. The molecule has 0 radical (unpaired) electrons. The Kier molecular flexibility index (Phi) is 6.30. The molecule has 0 bridgehead atoms. The fourth-order valence-electron chi connectivity index (χ4n) is 1.87. The van der Waals surface area contributed by atoms with Crippen molar-refractivity contribution in [2.45, 2.75) is 32.7 Å². The van der Waals surface area contributed by atoms with Gasteiger partial charge in [0.15, 0.2) is 0 Å². The standard InChI is InChI=1S/C14H19ClN2O4/c1-4-5-8(2)16-14(20)17-11-7-12(21-3)9(13(18)19)6-10(11)15/h6-8H,4-5H2,1-3H3,(H,18,19)(H2,16,17,20). The summed E-state index contributed by atoms with van der Waals surface area (Å²) >= 11 is 5.98. The van der Waals surface area contributed by atoms with Gasteiger partial charge in [0.1, 0.15) is 11.3 Å². The number of ether oxygens (including phenoxy) is 1. The molecule has 3 N–H and O–H groups in total. The molecule has 0 fully saturated rings. The molecule has 0 aliphatic heterocycles. The summed E-state index contributed by atoms with van der Waals surface area (Å²) < 4.78 is 4.99. The van der Waals surface area contributed by atoms with Crippen molar-refractivity contribution in [3.63, 3.8) is 0 Å². The average Bonchev–Trinajstić information content (AvgIpc) is 2.40. The number of carboxylic acids is 1. The number of aromatic carboxylic acids is 1. The van der Waals surface area contributed by atoms with Crippen molar-refractivity contribution in [1.29, 1.82) is 0 Å². The molecular formula is C14H19ClN2O4. The van der Waals surface area contributed by atoms with Crippen LogP contribution in [0.25, 0.3) is 0 Å². The van der Waals surface area contributed by atoms with E-state index < -0.39 is 12.0 Å². The van der Waals surface area contributed by atoms with E-state index in [1.54, 1.807) is 0 Å². The van der Waals surface area contributed by atoms with E-state index in [0.29, 0.717) is 5.69 Å². The lowest BCUT2D eigenvalue weighted by molar-refractivity contribution is 0.0693. The van der Waals surface area contributed by atoms with Crippen LogP contribution in [0.1, 0.15) is 37.0 Å². The summed E-state index contributed by atoms with van der Waals surface area (Å²) in [6.45, 7) is 3.93. The van der Waals surface area contributed by atoms with Crippen LogP contribution in [-0.2, 0) is 0 Å². The monoisotopic (exact) mass is 314 g/mol. The Bertz CT molecular complexity index is 534. The van der Waals surface area contributed by atoms with Crippen molar-refractivity contribution in [1.82, 2.24) is 5.32 Å². The summed E-state index contributed by atoms with van der Waals surface area (Å²) in [6, 6.07) is 2.26. The first-order valence-corrected chi connectivity index (χ1v) is 6.95. The highest BCUT2D eigenvalue weighted by Gasteiger charge is 2.16. The molecule has 1 aromatic carbocycles. The second kappa shape index (κ2) is 7.73. The van der Waals surface area contributed by atoms with E-state index in [9.17, 15) is 9.59 Å². The lowest BCUT2D eigenvalue weighted by Gasteiger charge is -2.15. The maximum atomic E-state index is 11.8. The molecule has 1 atom stereocenters. The van der Waals surface area contributed by atoms with Crippen molar-refractivity contribution < 1.29 is 19.4 Å². The minimum atomic E-state index is -1.15. The summed E-state index contributed by atoms with van der Waals surface area (Å²) in [6.07, 6.45) is 1.83. The highest BCUT2D eigenvalue weighted by atomic mass is 35.5. The van der Waals surface area contributed by atoms with Crippen molar-refractivity contribution in [2.24, 2.45) is 0 Å². The summed E-state index contributed by atoms with van der Waals surface area (Å²) in [5.74, 6) is -1.02.